The summed E-state index contributed by atoms with van der Waals surface area (Å²) in [5.74, 6) is 0.325. The molecule has 6 nitrogen and oxygen atoms in total. The number of methoxy groups -OCH3 is 1. The lowest BCUT2D eigenvalue weighted by Gasteiger charge is -2.05. The highest BCUT2D eigenvalue weighted by molar-refractivity contribution is 6.34. The molecule has 0 bridgehead atoms. The van der Waals surface area contributed by atoms with Crippen molar-refractivity contribution in [2.75, 3.05) is 7.11 Å². The minimum atomic E-state index is -0.346. The summed E-state index contributed by atoms with van der Waals surface area (Å²) in [5, 5.41) is 9.26. The van der Waals surface area contributed by atoms with E-state index in [0.717, 1.165) is 0 Å². The number of hydrazone groups is 1. The van der Waals surface area contributed by atoms with Gasteiger partial charge < -0.3 is 4.74 Å². The molecule has 138 valence electrons. The zero-order chi connectivity index (χ0) is 19.4. The molecule has 27 heavy (non-hydrogen) atoms. The number of ether oxygens (including phenoxy) is 1. The van der Waals surface area contributed by atoms with E-state index in [1.807, 2.05) is 18.2 Å². The molecule has 0 fully saturated rings. The predicted molar refractivity (Wildman–Crippen MR) is 106 cm³/mol. The van der Waals surface area contributed by atoms with Crippen molar-refractivity contribution in [1.82, 2.24) is 15.2 Å². The molecule has 1 N–H and O–H groups in total. The first-order chi connectivity index (χ1) is 13.0. The molecule has 1 amide bonds. The minimum absolute atomic E-state index is 0.346. The molecule has 8 heteroatoms. The quantitative estimate of drug-likeness (QED) is 0.511. The van der Waals surface area contributed by atoms with Crippen molar-refractivity contribution in [1.29, 1.82) is 0 Å². The SMILES string of the molecule is COc1ccc(C(=O)N/N=C\c2c(C)nn(-c3ccccc3Cl)c2Cl)cc1. The van der Waals surface area contributed by atoms with Crippen LogP contribution in [0.4, 0.5) is 0 Å². The Bertz CT molecular complexity index is 997. The van der Waals surface area contributed by atoms with Gasteiger partial charge in [-0.25, -0.2) is 10.1 Å². The van der Waals surface area contributed by atoms with Crippen LogP contribution in [0, 0.1) is 6.92 Å². The summed E-state index contributed by atoms with van der Waals surface area (Å²) in [6.07, 6.45) is 1.46. The zero-order valence-electron chi connectivity index (χ0n) is 14.6. The largest absolute Gasteiger partial charge is 0.497 e. The van der Waals surface area contributed by atoms with Crippen molar-refractivity contribution in [3.05, 3.63) is 75.5 Å². The second-order valence-electron chi connectivity index (χ2n) is 5.58. The average molecular weight is 403 g/mol. The molecular weight excluding hydrogens is 387 g/mol. The third kappa shape index (κ3) is 4.13. The van der Waals surface area contributed by atoms with E-state index in [0.29, 0.717) is 38.4 Å². The summed E-state index contributed by atoms with van der Waals surface area (Å²) in [4.78, 5) is 12.1. The Morgan fingerprint density at radius 1 is 1.19 bits per heavy atom. The molecule has 0 aliphatic carbocycles. The molecule has 0 atom stereocenters. The fourth-order valence-corrected chi connectivity index (χ4v) is 2.93. The molecule has 0 spiro atoms. The molecule has 0 aliphatic heterocycles. The average Bonchev–Trinajstić information content (AvgIpc) is 2.96. The van der Waals surface area contributed by atoms with Gasteiger partial charge in [0.05, 0.1) is 35.3 Å². The van der Waals surface area contributed by atoms with Gasteiger partial charge in [-0.05, 0) is 43.3 Å². The van der Waals surface area contributed by atoms with Gasteiger partial charge in [-0.2, -0.15) is 10.2 Å². The Morgan fingerprint density at radius 2 is 1.89 bits per heavy atom. The number of rotatable bonds is 5. The molecule has 1 heterocycles. The van der Waals surface area contributed by atoms with E-state index in [-0.39, 0.29) is 5.91 Å². The van der Waals surface area contributed by atoms with Crippen molar-refractivity contribution in [3.63, 3.8) is 0 Å². The lowest BCUT2D eigenvalue weighted by Crippen LogP contribution is -2.17. The van der Waals surface area contributed by atoms with E-state index < -0.39 is 0 Å². The Morgan fingerprint density at radius 3 is 2.56 bits per heavy atom. The van der Waals surface area contributed by atoms with Crippen LogP contribution in [0.5, 0.6) is 5.75 Å². The van der Waals surface area contributed by atoms with Crippen LogP contribution >= 0.6 is 23.2 Å². The van der Waals surface area contributed by atoms with Gasteiger partial charge in [0.15, 0.2) is 0 Å². The molecule has 0 saturated carbocycles. The molecule has 0 aliphatic rings. The van der Waals surface area contributed by atoms with E-state index >= 15 is 0 Å². The van der Waals surface area contributed by atoms with Crippen LogP contribution in [0.15, 0.2) is 53.6 Å². The van der Waals surface area contributed by atoms with Gasteiger partial charge in [0.2, 0.25) is 0 Å². The molecule has 3 aromatic rings. The first-order valence-corrected chi connectivity index (χ1v) is 8.74. The van der Waals surface area contributed by atoms with Gasteiger partial charge in [0.1, 0.15) is 10.9 Å². The number of benzene rings is 2. The minimum Gasteiger partial charge on any atom is -0.497 e. The Labute approximate surface area is 166 Å². The number of amides is 1. The van der Waals surface area contributed by atoms with Gasteiger partial charge >= 0.3 is 0 Å². The molecule has 0 radical (unpaired) electrons. The maximum absolute atomic E-state index is 12.1. The van der Waals surface area contributed by atoms with Gasteiger partial charge in [-0.1, -0.05) is 35.3 Å². The first-order valence-electron chi connectivity index (χ1n) is 7.98. The van der Waals surface area contributed by atoms with Gasteiger partial charge in [-0.15, -0.1) is 0 Å². The summed E-state index contributed by atoms with van der Waals surface area (Å²) in [7, 11) is 1.56. The van der Waals surface area contributed by atoms with Gasteiger partial charge in [-0.3, -0.25) is 4.79 Å². The van der Waals surface area contributed by atoms with Crippen LogP contribution in [0.3, 0.4) is 0 Å². The Kier molecular flexibility index (Phi) is 5.78. The summed E-state index contributed by atoms with van der Waals surface area (Å²) in [6, 6.07) is 13.9. The normalized spacial score (nSPS) is 11.0. The van der Waals surface area contributed by atoms with E-state index in [1.165, 1.54) is 10.9 Å². The number of aromatic nitrogens is 2. The second kappa shape index (κ2) is 8.24. The molecule has 1 aromatic heterocycles. The number of halogens is 2. The Balaban J connectivity index is 1.77. The molecule has 2 aromatic carbocycles. The highest BCUT2D eigenvalue weighted by Gasteiger charge is 2.15. The summed E-state index contributed by atoms with van der Waals surface area (Å²) in [6.45, 7) is 1.80. The zero-order valence-corrected chi connectivity index (χ0v) is 16.1. The third-order valence-electron chi connectivity index (χ3n) is 3.84. The van der Waals surface area contributed by atoms with Crippen LogP contribution < -0.4 is 10.2 Å². The smallest absolute Gasteiger partial charge is 0.271 e. The van der Waals surface area contributed by atoms with E-state index in [4.69, 9.17) is 27.9 Å². The van der Waals surface area contributed by atoms with E-state index in [9.17, 15) is 4.79 Å². The van der Waals surface area contributed by atoms with Crippen molar-refractivity contribution in [2.24, 2.45) is 5.10 Å². The predicted octanol–water partition coefficient (Wildman–Crippen LogP) is 4.26. The molecule has 0 unspecified atom stereocenters. The Hall–Kier alpha value is -2.83. The van der Waals surface area contributed by atoms with Crippen LogP contribution in [0.25, 0.3) is 5.69 Å². The van der Waals surface area contributed by atoms with Crippen molar-refractivity contribution in [2.45, 2.75) is 6.92 Å². The lowest BCUT2D eigenvalue weighted by atomic mass is 10.2. The third-order valence-corrected chi connectivity index (χ3v) is 4.52. The lowest BCUT2D eigenvalue weighted by molar-refractivity contribution is 0.0955. The number of nitrogens with zero attached hydrogens (tertiary/aromatic N) is 3. The van der Waals surface area contributed by atoms with Crippen LogP contribution in [-0.4, -0.2) is 29.0 Å². The summed E-state index contributed by atoms with van der Waals surface area (Å²) >= 11 is 12.6. The highest BCUT2D eigenvalue weighted by Crippen LogP contribution is 2.26. The maximum Gasteiger partial charge on any atom is 0.271 e. The van der Waals surface area contributed by atoms with Gasteiger partial charge in [0, 0.05) is 5.56 Å². The number of nitrogens with one attached hydrogen (secondary N) is 1. The van der Waals surface area contributed by atoms with Crippen LogP contribution in [0.2, 0.25) is 10.2 Å². The van der Waals surface area contributed by atoms with Gasteiger partial charge in [0.25, 0.3) is 5.91 Å². The number of carbonyl (C=O) groups excluding carboxylic acids is 1. The topological polar surface area (TPSA) is 68.5 Å². The number of hydrogen-bond acceptors (Lipinski definition) is 4. The molecule has 3 rings (SSSR count). The fourth-order valence-electron chi connectivity index (χ4n) is 2.40. The molecular formula is C19H16Cl2N4O2. The van der Waals surface area contributed by atoms with Crippen molar-refractivity contribution in [3.8, 4) is 11.4 Å². The van der Waals surface area contributed by atoms with Crippen molar-refractivity contribution >= 4 is 35.3 Å². The van der Waals surface area contributed by atoms with Crippen LogP contribution in [-0.2, 0) is 0 Å². The number of aryl methyl sites for hydroxylation is 1. The first kappa shape index (κ1) is 18.9. The maximum atomic E-state index is 12.1. The molecule has 0 saturated heterocycles. The number of hydrogen-bond donors (Lipinski definition) is 1. The van der Waals surface area contributed by atoms with E-state index in [1.54, 1.807) is 44.4 Å². The summed E-state index contributed by atoms with van der Waals surface area (Å²) < 4.78 is 6.60. The highest BCUT2D eigenvalue weighted by atomic mass is 35.5. The monoisotopic (exact) mass is 402 g/mol. The number of carbonyl (C=O) groups is 1. The van der Waals surface area contributed by atoms with E-state index in [2.05, 4.69) is 15.6 Å². The summed E-state index contributed by atoms with van der Waals surface area (Å²) in [5.41, 5.74) is 4.83. The van der Waals surface area contributed by atoms with Crippen LogP contribution in [0.1, 0.15) is 21.6 Å². The fraction of sp³-hybridized carbons (Fsp3) is 0.105. The second-order valence-corrected chi connectivity index (χ2v) is 6.35. The number of para-hydroxylation sites is 1. The standard InChI is InChI=1S/C19H16Cl2N4O2/c1-12-15(18(21)25(24-12)17-6-4-3-5-16(17)20)11-22-23-19(26)13-7-9-14(27-2)10-8-13/h3-11H,1-2H3,(H,23,26)/b22-11-. The van der Waals surface area contributed by atoms with Crippen molar-refractivity contribution < 1.29 is 9.53 Å².